The molecular weight excluding hydrogens is 368 g/mol. The first-order chi connectivity index (χ1) is 12.4. The standard InChI is InChI=1S/C18H32N2O6Si/c1-11-10-20(17(24)19-16(11)23)14-9-13(15(25-14)12(22)7-8-21)26-27(5,6)18(2,3)4/h10,12-15,21-22H,7-9H2,1-6H3,(H,19,23,24)/t12?,13-,14+,15+/m0/s1. The molecule has 2 heterocycles. The fourth-order valence-corrected chi connectivity index (χ4v) is 4.28. The molecule has 0 amide bonds. The van der Waals surface area contributed by atoms with Crippen LogP contribution in [0.4, 0.5) is 0 Å². The van der Waals surface area contributed by atoms with Crippen LogP contribution in [-0.2, 0) is 9.16 Å². The third-order valence-electron chi connectivity index (χ3n) is 5.63. The summed E-state index contributed by atoms with van der Waals surface area (Å²) in [5, 5.41) is 19.6. The fraction of sp³-hybridized carbons (Fsp3) is 0.778. The number of aryl methyl sites for hydroxylation is 1. The van der Waals surface area contributed by atoms with E-state index >= 15 is 0 Å². The van der Waals surface area contributed by atoms with Crippen LogP contribution in [0.5, 0.6) is 0 Å². The number of aromatic nitrogens is 2. The molecular formula is C18H32N2O6Si. The molecule has 0 aliphatic carbocycles. The van der Waals surface area contributed by atoms with E-state index in [0.29, 0.717) is 12.0 Å². The van der Waals surface area contributed by atoms with E-state index in [0.717, 1.165) is 0 Å². The maximum absolute atomic E-state index is 12.2. The van der Waals surface area contributed by atoms with Crippen LogP contribution < -0.4 is 11.2 Å². The second kappa shape index (κ2) is 8.00. The van der Waals surface area contributed by atoms with Gasteiger partial charge in [-0.1, -0.05) is 20.8 Å². The Morgan fingerprint density at radius 1 is 1.41 bits per heavy atom. The Kier molecular flexibility index (Phi) is 6.53. The number of aliphatic hydroxyl groups excluding tert-OH is 2. The highest BCUT2D eigenvalue weighted by molar-refractivity contribution is 6.74. The molecule has 4 atom stereocenters. The molecule has 1 aromatic heterocycles. The summed E-state index contributed by atoms with van der Waals surface area (Å²) in [6.45, 7) is 12.1. The Morgan fingerprint density at radius 3 is 2.59 bits per heavy atom. The van der Waals surface area contributed by atoms with Crippen molar-refractivity contribution in [3.63, 3.8) is 0 Å². The molecule has 0 radical (unpaired) electrons. The van der Waals surface area contributed by atoms with Gasteiger partial charge in [0.05, 0.1) is 12.2 Å². The van der Waals surface area contributed by atoms with Gasteiger partial charge in [0, 0.05) is 24.8 Å². The molecule has 154 valence electrons. The highest BCUT2D eigenvalue weighted by atomic mass is 28.4. The maximum Gasteiger partial charge on any atom is 0.330 e. The lowest BCUT2D eigenvalue weighted by molar-refractivity contribution is -0.0862. The van der Waals surface area contributed by atoms with Gasteiger partial charge >= 0.3 is 5.69 Å². The molecule has 27 heavy (non-hydrogen) atoms. The molecule has 2 rings (SSSR count). The SMILES string of the molecule is Cc1cn([C@H]2C[C@H](O[Si](C)(C)C(C)(C)C)[C@@H](C(O)CCO)O2)c(=O)[nH]c1=O. The monoisotopic (exact) mass is 400 g/mol. The first-order valence-electron chi connectivity index (χ1n) is 9.31. The summed E-state index contributed by atoms with van der Waals surface area (Å²) in [6, 6.07) is 0. The van der Waals surface area contributed by atoms with Crippen molar-refractivity contribution in [1.29, 1.82) is 0 Å². The van der Waals surface area contributed by atoms with E-state index < -0.39 is 44.1 Å². The molecule has 0 aromatic carbocycles. The predicted molar refractivity (Wildman–Crippen MR) is 104 cm³/mol. The molecule has 8 nitrogen and oxygen atoms in total. The minimum absolute atomic E-state index is 0.0248. The van der Waals surface area contributed by atoms with Crippen molar-refractivity contribution in [3.8, 4) is 0 Å². The lowest BCUT2D eigenvalue weighted by atomic mass is 10.1. The van der Waals surface area contributed by atoms with E-state index in [1.807, 2.05) is 0 Å². The third-order valence-corrected chi connectivity index (χ3v) is 10.1. The molecule has 1 unspecified atom stereocenters. The van der Waals surface area contributed by atoms with E-state index in [1.54, 1.807) is 6.92 Å². The molecule has 9 heteroatoms. The van der Waals surface area contributed by atoms with Gasteiger partial charge < -0.3 is 19.4 Å². The van der Waals surface area contributed by atoms with Gasteiger partial charge in [-0.05, 0) is 31.5 Å². The minimum Gasteiger partial charge on any atom is -0.411 e. The van der Waals surface area contributed by atoms with Crippen molar-refractivity contribution in [1.82, 2.24) is 9.55 Å². The summed E-state index contributed by atoms with van der Waals surface area (Å²) < 4.78 is 13.8. The van der Waals surface area contributed by atoms with Gasteiger partial charge in [-0.3, -0.25) is 14.3 Å². The second-order valence-electron chi connectivity index (χ2n) is 8.77. The Bertz CT molecular complexity index is 766. The van der Waals surface area contributed by atoms with Gasteiger partial charge in [-0.2, -0.15) is 0 Å². The quantitative estimate of drug-likeness (QED) is 0.620. The Labute approximate surface area is 160 Å². The minimum atomic E-state index is -2.14. The zero-order chi connectivity index (χ0) is 20.6. The third kappa shape index (κ3) is 4.78. The van der Waals surface area contributed by atoms with Crippen LogP contribution >= 0.6 is 0 Å². The zero-order valence-electron chi connectivity index (χ0n) is 17.0. The van der Waals surface area contributed by atoms with Crippen LogP contribution in [0, 0.1) is 6.92 Å². The lowest BCUT2D eigenvalue weighted by Gasteiger charge is -2.39. The summed E-state index contributed by atoms with van der Waals surface area (Å²) in [7, 11) is -2.14. The van der Waals surface area contributed by atoms with Crippen molar-refractivity contribution in [2.75, 3.05) is 6.61 Å². The van der Waals surface area contributed by atoms with Gasteiger partial charge in [0.2, 0.25) is 0 Å². The van der Waals surface area contributed by atoms with Crippen molar-refractivity contribution < 1.29 is 19.4 Å². The van der Waals surface area contributed by atoms with Crippen LogP contribution in [-0.4, -0.2) is 53.0 Å². The largest absolute Gasteiger partial charge is 0.411 e. The number of nitrogens with zero attached hydrogens (tertiary/aromatic N) is 1. The topological polar surface area (TPSA) is 114 Å². The fourth-order valence-electron chi connectivity index (χ4n) is 2.94. The first kappa shape index (κ1) is 22.0. The number of nitrogens with one attached hydrogen (secondary N) is 1. The number of hydrogen-bond acceptors (Lipinski definition) is 6. The number of aliphatic hydroxyl groups is 2. The van der Waals surface area contributed by atoms with E-state index in [-0.39, 0.29) is 18.1 Å². The smallest absolute Gasteiger partial charge is 0.330 e. The number of ether oxygens (including phenoxy) is 1. The van der Waals surface area contributed by atoms with Gasteiger partial charge in [-0.15, -0.1) is 0 Å². The molecule has 0 spiro atoms. The van der Waals surface area contributed by atoms with Gasteiger partial charge in [0.15, 0.2) is 8.32 Å². The molecule has 0 bridgehead atoms. The van der Waals surface area contributed by atoms with Crippen LogP contribution in [0.15, 0.2) is 15.8 Å². The van der Waals surface area contributed by atoms with E-state index in [2.05, 4.69) is 38.8 Å². The summed E-state index contributed by atoms with van der Waals surface area (Å²) in [5.74, 6) is 0. The van der Waals surface area contributed by atoms with Gasteiger partial charge in [0.25, 0.3) is 5.56 Å². The molecule has 1 aliphatic rings. The molecule has 1 aromatic rings. The lowest BCUT2D eigenvalue weighted by Crippen LogP contribution is -2.48. The summed E-state index contributed by atoms with van der Waals surface area (Å²) in [5.41, 5.74) is -0.585. The van der Waals surface area contributed by atoms with Crippen LogP contribution in [0.1, 0.15) is 45.4 Å². The number of H-pyrrole nitrogens is 1. The van der Waals surface area contributed by atoms with Crippen LogP contribution in [0.25, 0.3) is 0 Å². The molecule has 1 fully saturated rings. The van der Waals surface area contributed by atoms with Crippen molar-refractivity contribution in [2.24, 2.45) is 0 Å². The molecule has 3 N–H and O–H groups in total. The van der Waals surface area contributed by atoms with E-state index in [9.17, 15) is 19.8 Å². The Balaban J connectivity index is 2.34. The van der Waals surface area contributed by atoms with Crippen molar-refractivity contribution in [2.45, 2.75) is 83.2 Å². The molecule has 1 saturated heterocycles. The van der Waals surface area contributed by atoms with Crippen molar-refractivity contribution in [3.05, 3.63) is 32.6 Å². The van der Waals surface area contributed by atoms with Crippen molar-refractivity contribution >= 4 is 8.32 Å². The van der Waals surface area contributed by atoms with E-state index in [4.69, 9.17) is 9.16 Å². The van der Waals surface area contributed by atoms with E-state index in [1.165, 1.54) is 10.8 Å². The Morgan fingerprint density at radius 2 is 2.04 bits per heavy atom. The second-order valence-corrected chi connectivity index (χ2v) is 13.5. The highest BCUT2D eigenvalue weighted by Crippen LogP contribution is 2.41. The average Bonchev–Trinajstić information content (AvgIpc) is 2.93. The summed E-state index contributed by atoms with van der Waals surface area (Å²) in [4.78, 5) is 26.1. The normalized spacial score (nSPS) is 25.0. The average molecular weight is 401 g/mol. The number of rotatable bonds is 6. The van der Waals surface area contributed by atoms with Gasteiger partial charge in [-0.25, -0.2) is 4.79 Å². The number of hydrogen-bond donors (Lipinski definition) is 3. The van der Waals surface area contributed by atoms with Crippen LogP contribution in [0.3, 0.4) is 0 Å². The first-order valence-corrected chi connectivity index (χ1v) is 12.2. The Hall–Kier alpha value is -1.26. The molecule has 0 saturated carbocycles. The predicted octanol–water partition coefficient (Wildman–Crippen LogP) is 1.27. The van der Waals surface area contributed by atoms with Gasteiger partial charge in [0.1, 0.15) is 12.3 Å². The maximum atomic E-state index is 12.2. The van der Waals surface area contributed by atoms with Crippen LogP contribution in [0.2, 0.25) is 18.1 Å². The zero-order valence-corrected chi connectivity index (χ0v) is 18.0. The summed E-state index contributed by atoms with van der Waals surface area (Å²) in [6.07, 6.45) is -0.613. The highest BCUT2D eigenvalue weighted by Gasteiger charge is 2.47. The number of aromatic amines is 1. The summed E-state index contributed by atoms with van der Waals surface area (Å²) >= 11 is 0. The molecule has 1 aliphatic heterocycles.